The molecule has 10 heteroatoms. The SMILES string of the molecule is NC(N)=NN=Cc1cccc(Oc2nccc(C(F)(F)F)n2)c1. The maximum Gasteiger partial charge on any atom is 0.433 e. The van der Waals surface area contributed by atoms with Gasteiger partial charge in [-0.2, -0.15) is 23.3 Å². The van der Waals surface area contributed by atoms with Crippen LogP contribution in [0, 0.1) is 0 Å². The Bertz CT molecular complexity index is 740. The number of hydrogen-bond donors (Lipinski definition) is 2. The number of rotatable bonds is 4. The second-order valence-electron chi connectivity index (χ2n) is 4.17. The van der Waals surface area contributed by atoms with Gasteiger partial charge in [-0.1, -0.05) is 12.1 Å². The van der Waals surface area contributed by atoms with Crippen LogP contribution in [0.4, 0.5) is 13.2 Å². The Balaban J connectivity index is 2.18. The van der Waals surface area contributed by atoms with E-state index < -0.39 is 17.9 Å². The van der Waals surface area contributed by atoms with E-state index in [9.17, 15) is 13.2 Å². The lowest BCUT2D eigenvalue weighted by Gasteiger charge is -2.08. The fraction of sp³-hybridized carbons (Fsp3) is 0.0769. The van der Waals surface area contributed by atoms with Gasteiger partial charge in [0.1, 0.15) is 5.75 Å². The number of benzene rings is 1. The Morgan fingerprint density at radius 3 is 2.70 bits per heavy atom. The highest BCUT2D eigenvalue weighted by Crippen LogP contribution is 2.28. The molecule has 0 saturated carbocycles. The maximum absolute atomic E-state index is 12.6. The summed E-state index contributed by atoms with van der Waals surface area (Å²) in [5.74, 6) is 0.0315. The van der Waals surface area contributed by atoms with Crippen molar-refractivity contribution in [3.05, 3.63) is 47.8 Å². The number of guanidine groups is 1. The number of alkyl halides is 3. The molecule has 0 fully saturated rings. The average Bonchev–Trinajstić information content (AvgIpc) is 2.47. The topological polar surface area (TPSA) is 112 Å². The van der Waals surface area contributed by atoms with Gasteiger partial charge in [0.2, 0.25) is 5.96 Å². The molecule has 2 aromatic rings. The summed E-state index contributed by atoms with van der Waals surface area (Å²) in [7, 11) is 0. The van der Waals surface area contributed by atoms with Gasteiger partial charge >= 0.3 is 12.2 Å². The van der Waals surface area contributed by atoms with Gasteiger partial charge < -0.3 is 16.2 Å². The van der Waals surface area contributed by atoms with E-state index in [1.54, 1.807) is 12.1 Å². The molecule has 23 heavy (non-hydrogen) atoms. The third-order valence-corrected chi connectivity index (χ3v) is 2.37. The number of nitrogens with two attached hydrogens (primary N) is 2. The van der Waals surface area contributed by atoms with Crippen LogP contribution >= 0.6 is 0 Å². The summed E-state index contributed by atoms with van der Waals surface area (Å²) in [6.07, 6.45) is -2.26. The van der Waals surface area contributed by atoms with Crippen LogP contribution < -0.4 is 16.2 Å². The van der Waals surface area contributed by atoms with Crippen molar-refractivity contribution in [1.82, 2.24) is 9.97 Å². The zero-order chi connectivity index (χ0) is 16.9. The second kappa shape index (κ2) is 6.73. The molecule has 0 unspecified atom stereocenters. The van der Waals surface area contributed by atoms with Gasteiger partial charge in [0, 0.05) is 6.20 Å². The predicted molar refractivity (Wildman–Crippen MR) is 77.0 cm³/mol. The van der Waals surface area contributed by atoms with E-state index in [1.165, 1.54) is 18.3 Å². The Morgan fingerprint density at radius 1 is 1.22 bits per heavy atom. The average molecular weight is 324 g/mol. The molecule has 0 bridgehead atoms. The van der Waals surface area contributed by atoms with Gasteiger partial charge in [0.25, 0.3) is 0 Å². The third-order valence-electron chi connectivity index (χ3n) is 2.37. The van der Waals surface area contributed by atoms with Gasteiger partial charge in [-0.05, 0) is 23.8 Å². The molecule has 1 aromatic heterocycles. The molecule has 4 N–H and O–H groups in total. The zero-order valence-corrected chi connectivity index (χ0v) is 11.5. The van der Waals surface area contributed by atoms with Crippen molar-refractivity contribution in [2.75, 3.05) is 0 Å². The normalized spacial score (nSPS) is 11.4. The Labute approximate surface area is 128 Å². The zero-order valence-electron chi connectivity index (χ0n) is 11.5. The lowest BCUT2D eigenvalue weighted by Crippen LogP contribution is -2.21. The molecule has 0 atom stereocenters. The van der Waals surface area contributed by atoms with Crippen molar-refractivity contribution in [3.63, 3.8) is 0 Å². The summed E-state index contributed by atoms with van der Waals surface area (Å²) in [4.78, 5) is 6.95. The quantitative estimate of drug-likeness (QED) is 0.507. The van der Waals surface area contributed by atoms with Crippen LogP contribution in [0.5, 0.6) is 11.8 Å². The molecule has 0 spiro atoms. The minimum Gasteiger partial charge on any atom is -0.424 e. The largest absolute Gasteiger partial charge is 0.433 e. The Hall–Kier alpha value is -3.17. The van der Waals surface area contributed by atoms with Crippen LogP contribution in [0.1, 0.15) is 11.3 Å². The van der Waals surface area contributed by atoms with Crippen molar-refractivity contribution in [3.8, 4) is 11.8 Å². The predicted octanol–water partition coefficient (Wildman–Crippen LogP) is 1.90. The fourth-order valence-corrected chi connectivity index (χ4v) is 1.47. The summed E-state index contributed by atoms with van der Waals surface area (Å²) in [6.45, 7) is 0. The highest BCUT2D eigenvalue weighted by Gasteiger charge is 2.33. The van der Waals surface area contributed by atoms with Crippen molar-refractivity contribution in [1.29, 1.82) is 0 Å². The highest BCUT2D eigenvalue weighted by atomic mass is 19.4. The van der Waals surface area contributed by atoms with Crippen LogP contribution in [0.15, 0.2) is 46.7 Å². The maximum atomic E-state index is 12.6. The van der Waals surface area contributed by atoms with Gasteiger partial charge in [-0.25, -0.2) is 4.98 Å². The molecule has 2 rings (SSSR count). The van der Waals surface area contributed by atoms with Crippen LogP contribution in [0.2, 0.25) is 0 Å². The molecule has 0 aliphatic rings. The van der Waals surface area contributed by atoms with Crippen LogP contribution in [-0.2, 0) is 6.18 Å². The smallest absolute Gasteiger partial charge is 0.424 e. The molecule has 120 valence electrons. The van der Waals surface area contributed by atoms with Crippen molar-refractivity contribution >= 4 is 12.2 Å². The number of halogens is 3. The highest BCUT2D eigenvalue weighted by molar-refractivity contribution is 5.82. The van der Waals surface area contributed by atoms with Crippen LogP contribution in [0.25, 0.3) is 0 Å². The van der Waals surface area contributed by atoms with E-state index in [0.29, 0.717) is 5.56 Å². The first-order valence-electron chi connectivity index (χ1n) is 6.15. The van der Waals surface area contributed by atoms with E-state index in [2.05, 4.69) is 20.2 Å². The minimum atomic E-state index is -4.57. The molecule has 0 aliphatic carbocycles. The van der Waals surface area contributed by atoms with Crippen molar-refractivity contribution in [2.45, 2.75) is 6.18 Å². The summed E-state index contributed by atoms with van der Waals surface area (Å²) in [5.41, 5.74) is 9.72. The monoisotopic (exact) mass is 324 g/mol. The third kappa shape index (κ3) is 4.95. The van der Waals surface area contributed by atoms with E-state index in [-0.39, 0.29) is 11.7 Å². The lowest BCUT2D eigenvalue weighted by molar-refractivity contribution is -0.141. The molecule has 0 radical (unpaired) electrons. The van der Waals surface area contributed by atoms with Crippen LogP contribution in [0.3, 0.4) is 0 Å². The fourth-order valence-electron chi connectivity index (χ4n) is 1.47. The molecule has 1 aromatic carbocycles. The lowest BCUT2D eigenvalue weighted by atomic mass is 10.2. The Kier molecular flexibility index (Phi) is 4.74. The van der Waals surface area contributed by atoms with E-state index >= 15 is 0 Å². The molecule has 0 saturated heterocycles. The second-order valence-corrected chi connectivity index (χ2v) is 4.17. The molecular formula is C13H11F3N6O. The summed E-state index contributed by atoms with van der Waals surface area (Å²) in [5, 5.41) is 7.04. The minimum absolute atomic E-state index is 0.203. The number of nitrogens with zero attached hydrogens (tertiary/aromatic N) is 4. The van der Waals surface area contributed by atoms with E-state index in [1.807, 2.05) is 0 Å². The van der Waals surface area contributed by atoms with Crippen LogP contribution in [-0.4, -0.2) is 22.1 Å². The summed E-state index contributed by atoms with van der Waals surface area (Å²) < 4.78 is 43.0. The Morgan fingerprint density at radius 2 is 2.00 bits per heavy atom. The molecule has 7 nitrogen and oxygen atoms in total. The van der Waals surface area contributed by atoms with E-state index in [4.69, 9.17) is 16.2 Å². The first-order valence-corrected chi connectivity index (χ1v) is 6.15. The van der Waals surface area contributed by atoms with Gasteiger partial charge in [0.15, 0.2) is 5.69 Å². The molecule has 1 heterocycles. The summed E-state index contributed by atoms with van der Waals surface area (Å²) in [6, 6.07) is 6.66. The summed E-state index contributed by atoms with van der Waals surface area (Å²) >= 11 is 0. The molecule has 0 aliphatic heterocycles. The number of aromatic nitrogens is 2. The van der Waals surface area contributed by atoms with Crippen molar-refractivity contribution in [2.24, 2.45) is 21.7 Å². The number of ether oxygens (including phenoxy) is 1. The van der Waals surface area contributed by atoms with E-state index in [0.717, 1.165) is 12.3 Å². The first-order chi connectivity index (χ1) is 10.8. The van der Waals surface area contributed by atoms with Gasteiger partial charge in [-0.3, -0.25) is 0 Å². The van der Waals surface area contributed by atoms with Crippen molar-refractivity contribution < 1.29 is 17.9 Å². The first kappa shape index (κ1) is 16.2. The number of hydrogen-bond acceptors (Lipinski definition) is 5. The molecular weight excluding hydrogens is 313 g/mol. The van der Waals surface area contributed by atoms with Gasteiger partial charge in [-0.15, -0.1) is 5.10 Å². The molecule has 0 amide bonds. The standard InChI is InChI=1S/C13H11F3N6O/c14-13(15,16)10-4-5-19-12(21-10)23-9-3-1-2-8(6-9)7-20-22-11(17)18/h1-7H,(H4,17,18,22). The van der Waals surface area contributed by atoms with Gasteiger partial charge in [0.05, 0.1) is 6.21 Å².